The van der Waals surface area contributed by atoms with Gasteiger partial charge in [0.25, 0.3) is 0 Å². The Kier molecular flexibility index (Phi) is 5.83. The van der Waals surface area contributed by atoms with Crippen LogP contribution in [0.4, 0.5) is 0 Å². The summed E-state index contributed by atoms with van der Waals surface area (Å²) in [5.41, 5.74) is 1.26. The molecule has 0 fully saturated rings. The molecule has 0 bridgehead atoms. The summed E-state index contributed by atoms with van der Waals surface area (Å²) in [6.45, 7) is 8.31. The van der Waals surface area contributed by atoms with Gasteiger partial charge in [-0.15, -0.1) is 0 Å². The van der Waals surface area contributed by atoms with E-state index in [2.05, 4.69) is 42.4 Å². The van der Waals surface area contributed by atoms with E-state index in [1.165, 1.54) is 5.56 Å². The Bertz CT molecular complexity index is 411. The number of nitrogens with one attached hydrogen (secondary N) is 1. The topological polar surface area (TPSA) is 33.7 Å². The maximum absolute atomic E-state index is 5.92. The van der Waals surface area contributed by atoms with Gasteiger partial charge in [-0.05, 0) is 26.6 Å². The highest BCUT2D eigenvalue weighted by Crippen LogP contribution is 2.33. The first kappa shape index (κ1) is 15.3. The molecule has 1 aliphatic rings. The first-order valence-electron chi connectivity index (χ1n) is 7.51. The van der Waals surface area contributed by atoms with E-state index in [0.29, 0.717) is 12.1 Å². The van der Waals surface area contributed by atoms with Crippen LogP contribution in [0, 0.1) is 0 Å². The van der Waals surface area contributed by atoms with Crippen molar-refractivity contribution in [2.45, 2.75) is 25.9 Å². The molecular weight excluding hydrogens is 252 g/mol. The number of rotatable bonds is 7. The zero-order chi connectivity index (χ0) is 14.4. The first-order chi connectivity index (χ1) is 9.77. The molecule has 20 heavy (non-hydrogen) atoms. The van der Waals surface area contributed by atoms with Crippen LogP contribution in [0.15, 0.2) is 24.3 Å². The van der Waals surface area contributed by atoms with Gasteiger partial charge in [0, 0.05) is 18.7 Å². The van der Waals surface area contributed by atoms with Gasteiger partial charge >= 0.3 is 0 Å². The molecule has 0 saturated carbocycles. The second-order valence-electron chi connectivity index (χ2n) is 5.13. The van der Waals surface area contributed by atoms with E-state index >= 15 is 0 Å². The Labute approximate surface area is 122 Å². The Morgan fingerprint density at radius 3 is 2.90 bits per heavy atom. The molecule has 0 radical (unpaired) electrons. The van der Waals surface area contributed by atoms with Crippen LogP contribution in [-0.4, -0.2) is 50.9 Å². The van der Waals surface area contributed by atoms with E-state index in [0.717, 1.165) is 38.7 Å². The van der Waals surface area contributed by atoms with Crippen molar-refractivity contribution in [2.75, 3.05) is 40.0 Å². The molecule has 1 aromatic carbocycles. The number of para-hydroxylation sites is 1. The molecule has 1 N–H and O–H groups in total. The summed E-state index contributed by atoms with van der Waals surface area (Å²) in [4.78, 5) is 2.33. The van der Waals surface area contributed by atoms with E-state index in [4.69, 9.17) is 9.47 Å². The van der Waals surface area contributed by atoms with Gasteiger partial charge in [0.05, 0.1) is 18.7 Å². The van der Waals surface area contributed by atoms with Gasteiger partial charge in [-0.1, -0.05) is 25.1 Å². The lowest BCUT2D eigenvalue weighted by molar-refractivity contribution is 0.0677. The van der Waals surface area contributed by atoms with Crippen LogP contribution in [0.3, 0.4) is 0 Å². The minimum Gasteiger partial charge on any atom is -0.492 e. The van der Waals surface area contributed by atoms with Gasteiger partial charge in [0.15, 0.2) is 0 Å². The molecule has 1 aliphatic heterocycles. The van der Waals surface area contributed by atoms with Gasteiger partial charge in [0.1, 0.15) is 12.4 Å². The van der Waals surface area contributed by atoms with Crippen molar-refractivity contribution in [1.29, 1.82) is 0 Å². The van der Waals surface area contributed by atoms with Gasteiger partial charge in [-0.2, -0.15) is 0 Å². The van der Waals surface area contributed by atoms with Gasteiger partial charge in [0.2, 0.25) is 0 Å². The SMILES string of the molecule is CCNC1c2ccccc2OCC1N(C)CCOCC. The average Bonchev–Trinajstić information content (AvgIpc) is 2.48. The van der Waals surface area contributed by atoms with Crippen LogP contribution in [0.1, 0.15) is 25.5 Å². The molecule has 0 amide bonds. The third-order valence-electron chi connectivity index (χ3n) is 3.83. The molecule has 1 aromatic rings. The van der Waals surface area contributed by atoms with Gasteiger partial charge in [-0.3, -0.25) is 4.90 Å². The van der Waals surface area contributed by atoms with Crippen LogP contribution in [0.25, 0.3) is 0 Å². The third kappa shape index (κ3) is 3.51. The Morgan fingerprint density at radius 1 is 1.35 bits per heavy atom. The molecule has 2 unspecified atom stereocenters. The van der Waals surface area contributed by atoms with Crippen molar-refractivity contribution in [3.63, 3.8) is 0 Å². The van der Waals surface area contributed by atoms with Crippen LogP contribution >= 0.6 is 0 Å². The highest BCUT2D eigenvalue weighted by molar-refractivity contribution is 5.38. The van der Waals surface area contributed by atoms with Crippen molar-refractivity contribution < 1.29 is 9.47 Å². The number of likely N-dealkylation sites (N-methyl/N-ethyl adjacent to an activating group) is 2. The quantitative estimate of drug-likeness (QED) is 0.774. The number of nitrogens with zero attached hydrogens (tertiary/aromatic N) is 1. The Hall–Kier alpha value is -1.10. The Balaban J connectivity index is 2.09. The molecule has 4 heteroatoms. The van der Waals surface area contributed by atoms with Crippen LogP contribution in [0.5, 0.6) is 5.75 Å². The maximum Gasteiger partial charge on any atom is 0.124 e. The summed E-state index contributed by atoms with van der Waals surface area (Å²) in [7, 11) is 2.14. The molecular formula is C16H26N2O2. The largest absolute Gasteiger partial charge is 0.492 e. The lowest BCUT2D eigenvalue weighted by Crippen LogP contribution is -2.49. The fourth-order valence-corrected chi connectivity index (χ4v) is 2.71. The van der Waals surface area contributed by atoms with Gasteiger partial charge < -0.3 is 14.8 Å². The van der Waals surface area contributed by atoms with E-state index < -0.39 is 0 Å². The van der Waals surface area contributed by atoms with Crippen LogP contribution in [-0.2, 0) is 4.74 Å². The maximum atomic E-state index is 5.92. The van der Waals surface area contributed by atoms with E-state index in [-0.39, 0.29) is 0 Å². The monoisotopic (exact) mass is 278 g/mol. The van der Waals surface area contributed by atoms with E-state index in [9.17, 15) is 0 Å². The van der Waals surface area contributed by atoms with Crippen LogP contribution in [0.2, 0.25) is 0 Å². The highest BCUT2D eigenvalue weighted by atomic mass is 16.5. The van der Waals surface area contributed by atoms with Crippen molar-refractivity contribution in [2.24, 2.45) is 0 Å². The van der Waals surface area contributed by atoms with Crippen molar-refractivity contribution in [3.05, 3.63) is 29.8 Å². The second kappa shape index (κ2) is 7.62. The fraction of sp³-hybridized carbons (Fsp3) is 0.625. The standard InChI is InChI=1S/C16H26N2O2/c1-4-17-16-13-8-6-7-9-15(13)20-12-14(16)18(3)10-11-19-5-2/h6-9,14,16-17H,4-5,10-12H2,1-3H3. The fourth-order valence-electron chi connectivity index (χ4n) is 2.71. The summed E-state index contributed by atoms with van der Waals surface area (Å²) < 4.78 is 11.4. The lowest BCUT2D eigenvalue weighted by atomic mass is 9.95. The van der Waals surface area contributed by atoms with Crippen molar-refractivity contribution in [3.8, 4) is 5.75 Å². The molecule has 0 aliphatic carbocycles. The summed E-state index contributed by atoms with van der Waals surface area (Å²) >= 11 is 0. The zero-order valence-corrected chi connectivity index (χ0v) is 12.8. The molecule has 0 spiro atoms. The molecule has 4 nitrogen and oxygen atoms in total. The molecule has 1 heterocycles. The van der Waals surface area contributed by atoms with Crippen molar-refractivity contribution >= 4 is 0 Å². The molecule has 2 atom stereocenters. The first-order valence-corrected chi connectivity index (χ1v) is 7.51. The zero-order valence-electron chi connectivity index (χ0n) is 12.8. The average molecular weight is 278 g/mol. The summed E-state index contributed by atoms with van der Waals surface area (Å²) in [5, 5.41) is 3.60. The normalized spacial score (nSPS) is 21.6. The second-order valence-corrected chi connectivity index (χ2v) is 5.13. The van der Waals surface area contributed by atoms with Crippen LogP contribution < -0.4 is 10.1 Å². The molecule has 0 saturated heterocycles. The number of hydrogen-bond acceptors (Lipinski definition) is 4. The van der Waals surface area contributed by atoms with E-state index in [1.807, 2.05) is 13.0 Å². The Morgan fingerprint density at radius 2 is 2.15 bits per heavy atom. The third-order valence-corrected chi connectivity index (χ3v) is 3.83. The predicted octanol–water partition coefficient (Wildman–Crippen LogP) is 2.07. The minimum atomic E-state index is 0.316. The molecule has 112 valence electrons. The molecule has 0 aromatic heterocycles. The number of hydrogen-bond donors (Lipinski definition) is 1. The predicted molar refractivity (Wildman–Crippen MR) is 81.3 cm³/mol. The van der Waals surface area contributed by atoms with Crippen molar-refractivity contribution in [1.82, 2.24) is 10.2 Å². The summed E-state index contributed by atoms with van der Waals surface area (Å²) in [6.07, 6.45) is 0. The lowest BCUT2D eigenvalue weighted by Gasteiger charge is -2.39. The number of ether oxygens (including phenoxy) is 2. The minimum absolute atomic E-state index is 0.316. The highest BCUT2D eigenvalue weighted by Gasteiger charge is 2.32. The van der Waals surface area contributed by atoms with Gasteiger partial charge in [-0.25, -0.2) is 0 Å². The summed E-state index contributed by atoms with van der Waals surface area (Å²) in [5.74, 6) is 1.01. The smallest absolute Gasteiger partial charge is 0.124 e. The van der Waals surface area contributed by atoms with E-state index in [1.54, 1.807) is 0 Å². The number of benzene rings is 1. The number of fused-ring (bicyclic) bond motifs is 1. The molecule has 2 rings (SSSR count). The summed E-state index contributed by atoms with van der Waals surface area (Å²) in [6, 6.07) is 8.97.